The molecule has 2 heterocycles. The van der Waals surface area contributed by atoms with Gasteiger partial charge in [0.2, 0.25) is 0 Å². The molecule has 0 radical (unpaired) electrons. The van der Waals surface area contributed by atoms with Crippen molar-refractivity contribution < 1.29 is 9.90 Å². The van der Waals surface area contributed by atoms with E-state index in [9.17, 15) is 9.90 Å². The van der Waals surface area contributed by atoms with Crippen molar-refractivity contribution in [2.45, 2.75) is 22.9 Å². The summed E-state index contributed by atoms with van der Waals surface area (Å²) in [6.07, 6.45) is 0. The Morgan fingerprint density at radius 1 is 0.893 bits per heavy atom. The van der Waals surface area contributed by atoms with Crippen LogP contribution in [0, 0.1) is 0 Å². The molecule has 0 atom stereocenters. The minimum Gasteiger partial charge on any atom is -0.388 e. The van der Waals surface area contributed by atoms with E-state index < -0.39 is 0 Å². The molecule has 1 aliphatic rings. The van der Waals surface area contributed by atoms with E-state index in [-0.39, 0.29) is 19.1 Å². The predicted octanol–water partition coefficient (Wildman–Crippen LogP) is 4.36. The number of anilines is 2. The number of amides is 1. The van der Waals surface area contributed by atoms with Gasteiger partial charge in [-0.05, 0) is 36.4 Å². The van der Waals surface area contributed by atoms with E-state index in [1.54, 1.807) is 21.2 Å². The molecule has 0 saturated heterocycles. The largest absolute Gasteiger partial charge is 0.388 e. The molecule has 6 heteroatoms. The van der Waals surface area contributed by atoms with Crippen LogP contribution in [0.4, 0.5) is 11.4 Å². The van der Waals surface area contributed by atoms with E-state index in [1.165, 1.54) is 0 Å². The van der Waals surface area contributed by atoms with Crippen molar-refractivity contribution in [2.24, 2.45) is 0 Å². The number of aliphatic hydroxyl groups is 1. The highest BCUT2D eigenvalue weighted by Crippen LogP contribution is 2.47. The SMILES string of the molecule is O=C(Cn1c(CO)nc2ccccc21)N1c2ccccc2Sc2ccccc21. The maximum Gasteiger partial charge on any atom is 0.251 e. The highest BCUT2D eigenvalue weighted by molar-refractivity contribution is 7.99. The van der Waals surface area contributed by atoms with Gasteiger partial charge in [-0.3, -0.25) is 9.69 Å². The Labute approximate surface area is 166 Å². The molecule has 0 unspecified atom stereocenters. The number of imidazole rings is 1. The van der Waals surface area contributed by atoms with E-state index in [4.69, 9.17) is 0 Å². The van der Waals surface area contributed by atoms with Crippen molar-refractivity contribution in [1.82, 2.24) is 9.55 Å². The summed E-state index contributed by atoms with van der Waals surface area (Å²) in [5.41, 5.74) is 3.37. The first-order valence-corrected chi connectivity index (χ1v) is 9.82. The maximum absolute atomic E-state index is 13.5. The van der Waals surface area contributed by atoms with Crippen molar-refractivity contribution in [3.05, 3.63) is 78.6 Å². The second kappa shape index (κ2) is 6.82. The van der Waals surface area contributed by atoms with Gasteiger partial charge in [0.1, 0.15) is 19.0 Å². The Bertz CT molecular complexity index is 1160. The summed E-state index contributed by atoms with van der Waals surface area (Å²) in [6, 6.07) is 23.5. The van der Waals surface area contributed by atoms with Gasteiger partial charge in [-0.1, -0.05) is 48.2 Å². The number of fused-ring (bicyclic) bond motifs is 3. The van der Waals surface area contributed by atoms with Gasteiger partial charge in [-0.25, -0.2) is 4.98 Å². The number of benzene rings is 3. The quantitative estimate of drug-likeness (QED) is 0.568. The number of rotatable bonds is 3. The molecule has 0 spiro atoms. The molecule has 4 aromatic rings. The normalized spacial score (nSPS) is 12.7. The third kappa shape index (κ3) is 2.69. The second-order valence-electron chi connectivity index (χ2n) is 6.53. The van der Waals surface area contributed by atoms with E-state index in [2.05, 4.69) is 4.98 Å². The third-order valence-electron chi connectivity index (χ3n) is 4.85. The molecule has 1 amide bonds. The number of aliphatic hydroxyl groups excluding tert-OH is 1. The van der Waals surface area contributed by atoms with Gasteiger partial charge in [0.25, 0.3) is 5.91 Å². The van der Waals surface area contributed by atoms with Gasteiger partial charge in [0, 0.05) is 9.79 Å². The van der Waals surface area contributed by atoms with Crippen molar-refractivity contribution in [2.75, 3.05) is 4.90 Å². The monoisotopic (exact) mass is 387 g/mol. The average Bonchev–Trinajstić information content (AvgIpc) is 3.09. The topological polar surface area (TPSA) is 58.4 Å². The molecular formula is C22H17N3O2S. The smallest absolute Gasteiger partial charge is 0.251 e. The number of nitrogens with zero attached hydrogens (tertiary/aromatic N) is 3. The molecule has 1 N–H and O–H groups in total. The van der Waals surface area contributed by atoms with Crippen LogP contribution in [0.2, 0.25) is 0 Å². The molecule has 28 heavy (non-hydrogen) atoms. The highest BCUT2D eigenvalue weighted by Gasteiger charge is 2.28. The second-order valence-corrected chi connectivity index (χ2v) is 7.61. The molecule has 5 nitrogen and oxygen atoms in total. The fourth-order valence-electron chi connectivity index (χ4n) is 3.60. The number of carbonyl (C=O) groups excluding carboxylic acids is 1. The van der Waals surface area contributed by atoms with E-state index in [1.807, 2.05) is 72.8 Å². The van der Waals surface area contributed by atoms with E-state index >= 15 is 0 Å². The fraction of sp³-hybridized carbons (Fsp3) is 0.0909. The van der Waals surface area contributed by atoms with Crippen LogP contribution < -0.4 is 4.90 Å². The first-order valence-electron chi connectivity index (χ1n) is 9.00. The van der Waals surface area contributed by atoms with Crippen LogP contribution >= 0.6 is 11.8 Å². The number of hydrogen-bond acceptors (Lipinski definition) is 4. The summed E-state index contributed by atoms with van der Waals surface area (Å²) < 4.78 is 1.80. The van der Waals surface area contributed by atoms with Crippen LogP contribution in [0.25, 0.3) is 11.0 Å². The summed E-state index contributed by atoms with van der Waals surface area (Å²) in [7, 11) is 0. The summed E-state index contributed by atoms with van der Waals surface area (Å²) in [5.74, 6) is 0.417. The minimum atomic E-state index is -0.217. The average molecular weight is 387 g/mol. The zero-order valence-corrected chi connectivity index (χ0v) is 15.8. The molecule has 0 bridgehead atoms. The number of para-hydroxylation sites is 4. The molecule has 5 rings (SSSR count). The van der Waals surface area contributed by atoms with Crippen LogP contribution in [0.1, 0.15) is 5.82 Å². The standard InChI is InChI=1S/C22H17N3O2S/c26-14-21-23-15-7-1-2-8-16(15)24(21)13-22(27)25-17-9-3-5-11-19(17)28-20-12-6-4-10-18(20)25/h1-12,26H,13-14H2. The van der Waals surface area contributed by atoms with Crippen LogP contribution in [0.3, 0.4) is 0 Å². The van der Waals surface area contributed by atoms with Crippen LogP contribution in [-0.4, -0.2) is 20.6 Å². The van der Waals surface area contributed by atoms with Crippen molar-refractivity contribution in [3.63, 3.8) is 0 Å². The van der Waals surface area contributed by atoms with Gasteiger partial charge in [0.05, 0.1) is 22.4 Å². The number of aromatic nitrogens is 2. The Morgan fingerprint density at radius 3 is 2.18 bits per heavy atom. The predicted molar refractivity (Wildman–Crippen MR) is 110 cm³/mol. The Balaban J connectivity index is 1.60. The highest BCUT2D eigenvalue weighted by atomic mass is 32.2. The van der Waals surface area contributed by atoms with E-state index in [0.29, 0.717) is 5.82 Å². The van der Waals surface area contributed by atoms with Gasteiger partial charge in [-0.2, -0.15) is 0 Å². The molecule has 1 aliphatic heterocycles. The zero-order chi connectivity index (χ0) is 19.1. The van der Waals surface area contributed by atoms with Gasteiger partial charge >= 0.3 is 0 Å². The van der Waals surface area contributed by atoms with Gasteiger partial charge in [-0.15, -0.1) is 0 Å². The summed E-state index contributed by atoms with van der Waals surface area (Å²) in [6.45, 7) is -0.116. The summed E-state index contributed by atoms with van der Waals surface area (Å²) in [4.78, 5) is 21.8. The van der Waals surface area contributed by atoms with Crippen molar-refractivity contribution in [1.29, 1.82) is 0 Å². The Kier molecular flexibility index (Phi) is 4.15. The molecule has 0 saturated carbocycles. The molecule has 3 aromatic carbocycles. The molecule has 138 valence electrons. The minimum absolute atomic E-state index is 0.0712. The summed E-state index contributed by atoms with van der Waals surface area (Å²) in [5, 5.41) is 9.75. The van der Waals surface area contributed by atoms with Crippen molar-refractivity contribution >= 4 is 40.1 Å². The zero-order valence-electron chi connectivity index (χ0n) is 14.9. The van der Waals surface area contributed by atoms with Crippen LogP contribution in [0.5, 0.6) is 0 Å². The van der Waals surface area contributed by atoms with Gasteiger partial charge in [0.15, 0.2) is 0 Å². The molecule has 0 aliphatic carbocycles. The van der Waals surface area contributed by atoms with E-state index in [0.717, 1.165) is 32.2 Å². The maximum atomic E-state index is 13.5. The molecular weight excluding hydrogens is 370 g/mol. The lowest BCUT2D eigenvalue weighted by molar-refractivity contribution is -0.118. The lowest BCUT2D eigenvalue weighted by Crippen LogP contribution is -2.32. The lowest BCUT2D eigenvalue weighted by atomic mass is 10.2. The van der Waals surface area contributed by atoms with Crippen LogP contribution in [0.15, 0.2) is 82.6 Å². The third-order valence-corrected chi connectivity index (χ3v) is 5.98. The first kappa shape index (κ1) is 17.0. The first-order chi connectivity index (χ1) is 13.8. The fourth-order valence-corrected chi connectivity index (χ4v) is 4.66. The van der Waals surface area contributed by atoms with Crippen molar-refractivity contribution in [3.8, 4) is 0 Å². The van der Waals surface area contributed by atoms with Crippen LogP contribution in [-0.2, 0) is 17.9 Å². The summed E-state index contributed by atoms with van der Waals surface area (Å²) >= 11 is 1.67. The lowest BCUT2D eigenvalue weighted by Gasteiger charge is -2.31. The molecule has 1 aromatic heterocycles. The Hall–Kier alpha value is -3.09. The molecule has 0 fully saturated rings. The van der Waals surface area contributed by atoms with Gasteiger partial charge < -0.3 is 9.67 Å². The Morgan fingerprint density at radius 2 is 1.50 bits per heavy atom. The number of hydrogen-bond donors (Lipinski definition) is 1. The number of carbonyl (C=O) groups is 1.